The van der Waals surface area contributed by atoms with Crippen LogP contribution >= 0.6 is 7.82 Å². The van der Waals surface area contributed by atoms with Crippen molar-refractivity contribution in [3.8, 4) is 5.75 Å². The molecule has 16 unspecified atom stereocenters. The second-order valence-corrected chi connectivity index (χ2v) is 46.2. The standard InChI is InChI=1S/C45H60O3.C41H56N2O2.C32H67O4P/c1-30(2)10-8-11-31(3)40-19-20-41-39-18-16-36-29-38(21-23-44(36,4)42(39)22-24-45(40,41)5)48-43(46)14-9-25-47-37-17-15-34-26-32-12-6-7-13-33(32)27-35(34)28-37;1-27(2)8-7-9-29(4)36-20-21-37-35-19-14-31-26-34(22-24-40(31,5)38(35)23-25-41(36,37)6)45-39(44)30-12-17-33(18-13-30)43-42-32-15-10-28(3)11-16-32;1-3-5-7-9-11-13-15-17-19-21-23-25-27-29-31-35-37(33,34)36-32-30-28-26-24-22-20-18-16-14-12-10-8-6-4-2/h6-7,12-13,15-17,26-28,30-31,38-42H,8-11,14,18-25,29H2,1-5H3;10-18,27,29,34-38H,7-9,19-26H2,1-6H3;3-32H2,1-2H3,(H,33,34)/p-1. The Morgan fingerprint density at radius 2 is 0.831 bits per heavy atom. The van der Waals surface area contributed by atoms with Gasteiger partial charge in [-0.1, -0.05) is 360 Å². The van der Waals surface area contributed by atoms with Crippen molar-refractivity contribution in [2.24, 2.45) is 103 Å². The summed E-state index contributed by atoms with van der Waals surface area (Å²) in [4.78, 5) is 38.0. The number of fused-ring (bicyclic) bond motifs is 12. The number of phosphoric ester groups is 1. The number of hydrogen-bond donors (Lipinski definition) is 0. The first-order valence-corrected chi connectivity index (χ1v) is 55.8. The fourth-order valence-corrected chi connectivity index (χ4v) is 27.5. The second kappa shape index (κ2) is 53.3. The van der Waals surface area contributed by atoms with Gasteiger partial charge >= 0.3 is 11.9 Å². The molecule has 0 aliphatic heterocycles. The Kier molecular flexibility index (Phi) is 43.1. The molecule has 5 aromatic rings. The van der Waals surface area contributed by atoms with Crippen molar-refractivity contribution in [2.45, 2.75) is 436 Å². The summed E-state index contributed by atoms with van der Waals surface area (Å²) in [6, 6.07) is 34.4. The maximum absolute atomic E-state index is 13.2. The van der Waals surface area contributed by atoms with Gasteiger partial charge in [-0.3, -0.25) is 9.36 Å². The first-order chi connectivity index (χ1) is 62.8. The molecule has 6 saturated carbocycles. The smallest absolute Gasteiger partial charge is 0.338 e. The van der Waals surface area contributed by atoms with Crippen molar-refractivity contribution in [3.05, 3.63) is 138 Å². The normalized spacial score (nSPS) is 26.7. The Morgan fingerprint density at radius 1 is 0.423 bits per heavy atom. The minimum atomic E-state index is -4.12. The Morgan fingerprint density at radius 3 is 1.27 bits per heavy atom. The predicted molar refractivity (Wildman–Crippen MR) is 543 cm³/mol. The molecule has 6 fully saturated rings. The van der Waals surface area contributed by atoms with Crippen LogP contribution in [0.4, 0.5) is 11.4 Å². The van der Waals surface area contributed by atoms with Gasteiger partial charge in [0, 0.05) is 19.3 Å². The largest absolute Gasteiger partial charge is 0.756 e. The molecule has 12 heteroatoms. The molecule has 16 atom stereocenters. The number of carbonyl (C=O) groups excluding carboxylic acids is 2. The topological polar surface area (TPSA) is 145 Å². The summed E-state index contributed by atoms with van der Waals surface area (Å²) in [6.45, 7) is 32.7. The molecule has 0 heterocycles. The summed E-state index contributed by atoms with van der Waals surface area (Å²) >= 11 is 0. The van der Waals surface area contributed by atoms with Crippen LogP contribution in [-0.2, 0) is 27.9 Å². The average molecular weight is 1800 g/mol. The van der Waals surface area contributed by atoms with Gasteiger partial charge in [-0.05, 0) is 291 Å². The minimum absolute atomic E-state index is 0.0287. The van der Waals surface area contributed by atoms with Crippen molar-refractivity contribution >= 4 is 52.7 Å². The summed E-state index contributed by atoms with van der Waals surface area (Å²) < 4.78 is 40.3. The van der Waals surface area contributed by atoms with E-state index in [9.17, 15) is 19.0 Å². The first kappa shape index (κ1) is 105. The molecule has 8 aliphatic rings. The van der Waals surface area contributed by atoms with E-state index < -0.39 is 7.82 Å². The molecule has 13 rings (SSSR count). The van der Waals surface area contributed by atoms with Crippen molar-refractivity contribution in [1.29, 1.82) is 0 Å². The highest BCUT2D eigenvalue weighted by molar-refractivity contribution is 7.45. The lowest BCUT2D eigenvalue weighted by Crippen LogP contribution is -2.51. The van der Waals surface area contributed by atoms with E-state index in [4.69, 9.17) is 23.3 Å². The minimum Gasteiger partial charge on any atom is -0.756 e. The van der Waals surface area contributed by atoms with Crippen LogP contribution in [0, 0.1) is 99.6 Å². The quantitative estimate of drug-likeness (QED) is 0.00927. The number of hydrogen-bond acceptors (Lipinski definition) is 11. The van der Waals surface area contributed by atoms with E-state index in [-0.39, 0.29) is 48.2 Å². The molecule has 0 N–H and O–H groups in total. The molecule has 724 valence electrons. The Bertz CT molecular complexity index is 4260. The van der Waals surface area contributed by atoms with Gasteiger partial charge in [-0.25, -0.2) is 4.79 Å². The van der Waals surface area contributed by atoms with E-state index in [2.05, 4.69) is 161 Å². The fraction of sp³-hybridized carbons (Fsp3) is 0.729. The molecule has 0 saturated heterocycles. The third kappa shape index (κ3) is 30.8. The maximum atomic E-state index is 13.2. The van der Waals surface area contributed by atoms with E-state index in [1.54, 1.807) is 11.1 Å². The highest BCUT2D eigenvalue weighted by Gasteiger charge is 2.61. The van der Waals surface area contributed by atoms with Crippen LogP contribution < -0.4 is 9.63 Å². The molecule has 0 amide bonds. The number of allylic oxidation sites excluding steroid dienone is 2. The summed E-state index contributed by atoms with van der Waals surface area (Å²) in [5, 5.41) is 13.5. The maximum Gasteiger partial charge on any atom is 0.338 e. The van der Waals surface area contributed by atoms with Crippen LogP contribution in [0.15, 0.2) is 137 Å². The highest BCUT2D eigenvalue weighted by Crippen LogP contribution is 2.70. The van der Waals surface area contributed by atoms with Gasteiger partial charge < -0.3 is 28.2 Å². The summed E-state index contributed by atoms with van der Waals surface area (Å²) in [7, 11) is -4.12. The predicted octanol–water partition coefficient (Wildman–Crippen LogP) is 35.5. The monoisotopic (exact) mass is 1800 g/mol. The van der Waals surface area contributed by atoms with Gasteiger partial charge in [-0.2, -0.15) is 10.2 Å². The van der Waals surface area contributed by atoms with Gasteiger partial charge in [0.1, 0.15) is 18.0 Å². The zero-order chi connectivity index (χ0) is 92.4. The van der Waals surface area contributed by atoms with Crippen LogP contribution in [0.2, 0.25) is 0 Å². The molecular weight excluding hydrogens is 1620 g/mol. The third-order valence-electron chi connectivity index (χ3n) is 34.5. The number of aryl methyl sites for hydroxylation is 1. The lowest BCUT2D eigenvalue weighted by molar-refractivity contribution is -0.225. The van der Waals surface area contributed by atoms with Crippen molar-refractivity contribution in [3.63, 3.8) is 0 Å². The number of benzene rings is 5. The number of unbranched alkanes of at least 4 members (excludes halogenated alkanes) is 26. The van der Waals surface area contributed by atoms with Crippen LogP contribution in [0.5, 0.6) is 5.75 Å². The molecule has 130 heavy (non-hydrogen) atoms. The van der Waals surface area contributed by atoms with Crippen LogP contribution in [0.1, 0.15) is 433 Å². The van der Waals surface area contributed by atoms with E-state index in [0.717, 1.165) is 152 Å². The molecular formula is C118H182N2O9P-. The third-order valence-corrected chi connectivity index (χ3v) is 35.5. The summed E-state index contributed by atoms with van der Waals surface area (Å²) in [5.74, 6) is 10.7. The van der Waals surface area contributed by atoms with E-state index in [0.29, 0.717) is 35.8 Å². The Hall–Kier alpha value is -5.45. The number of esters is 2. The number of carbonyl (C=O) groups is 2. The Balaban J connectivity index is 0.000000191. The van der Waals surface area contributed by atoms with Crippen LogP contribution in [0.25, 0.3) is 21.5 Å². The van der Waals surface area contributed by atoms with E-state index in [1.165, 1.54) is 284 Å². The molecule has 0 bridgehead atoms. The lowest BCUT2D eigenvalue weighted by Gasteiger charge is -2.58. The van der Waals surface area contributed by atoms with Crippen molar-refractivity contribution < 1.29 is 42.3 Å². The van der Waals surface area contributed by atoms with Gasteiger partial charge in [-0.15, -0.1) is 0 Å². The molecule has 11 nitrogen and oxygen atoms in total. The number of azo groups is 1. The number of nitrogens with zero attached hydrogens (tertiary/aromatic N) is 2. The van der Waals surface area contributed by atoms with Gasteiger partial charge in [0.2, 0.25) is 0 Å². The fourth-order valence-electron chi connectivity index (χ4n) is 26.8. The second-order valence-electron chi connectivity index (χ2n) is 44.8. The van der Waals surface area contributed by atoms with Gasteiger partial charge in [0.05, 0.1) is 36.8 Å². The van der Waals surface area contributed by atoms with Gasteiger partial charge in [0.15, 0.2) is 0 Å². The van der Waals surface area contributed by atoms with E-state index in [1.807, 2.05) is 54.6 Å². The van der Waals surface area contributed by atoms with Crippen LogP contribution in [-0.4, -0.2) is 44.0 Å². The zero-order valence-electron chi connectivity index (χ0n) is 84.5. The Labute approximate surface area is 792 Å². The summed E-state index contributed by atoms with van der Waals surface area (Å²) in [5.41, 5.74) is 8.07. The number of ether oxygens (including phenoxy) is 3. The molecule has 0 aromatic heterocycles. The van der Waals surface area contributed by atoms with Crippen molar-refractivity contribution in [2.75, 3.05) is 19.8 Å². The van der Waals surface area contributed by atoms with Crippen molar-refractivity contribution in [1.82, 2.24) is 0 Å². The molecule has 0 radical (unpaired) electrons. The lowest BCUT2D eigenvalue weighted by atomic mass is 9.47. The SMILES string of the molecule is CC(C)CCCC(C)C1CCC2C3CC=C4CC(OC(=O)CCCOc5ccc6cc7ccccc7cc6c5)CCC4(C)C3CCC12C.CCCCCCCCCCCCCCCCOP(=O)([O-])OCCCCCCCCCCCCCCCC.Cc1ccc(N=Nc2ccc(C(=O)OC3CCC4(C)C(=CCC5C4CCC4(C)C(C(C)CCCC(C)C)CCC54)C3)cc2)cc1. The zero-order valence-corrected chi connectivity index (χ0v) is 85.4. The van der Waals surface area contributed by atoms with E-state index >= 15 is 0 Å². The highest BCUT2D eigenvalue weighted by atomic mass is 31.2. The number of phosphoric acid groups is 1. The molecule has 8 aliphatic carbocycles. The van der Waals surface area contributed by atoms with Crippen LogP contribution in [0.3, 0.4) is 0 Å². The first-order valence-electron chi connectivity index (χ1n) is 54.4. The molecule has 0 spiro atoms. The number of rotatable bonds is 52. The van der Waals surface area contributed by atoms with Gasteiger partial charge in [0.25, 0.3) is 7.82 Å². The summed E-state index contributed by atoms with van der Waals surface area (Å²) in [6.07, 6.45) is 70.6. The molecule has 5 aromatic carbocycles. The average Bonchev–Trinajstić information content (AvgIpc) is 1.37.